The van der Waals surface area contributed by atoms with Gasteiger partial charge in [-0.25, -0.2) is 14.4 Å². The van der Waals surface area contributed by atoms with Crippen molar-refractivity contribution in [2.75, 3.05) is 26.1 Å². The monoisotopic (exact) mass is 385 g/mol. The molecule has 0 saturated carbocycles. The molecule has 23 heavy (non-hydrogen) atoms. The first-order valence-electron chi connectivity index (χ1n) is 6.54. The Balaban J connectivity index is 3.05. The second-order valence-electron chi connectivity index (χ2n) is 4.11. The molecule has 0 fully saturated rings. The van der Waals surface area contributed by atoms with Gasteiger partial charge < -0.3 is 19.5 Å². The van der Waals surface area contributed by atoms with Gasteiger partial charge in [0, 0.05) is 4.47 Å². The largest absolute Gasteiger partial charge is 0.466 e. The summed E-state index contributed by atoms with van der Waals surface area (Å²) in [6.45, 7) is 1.98. The Kier molecular flexibility index (Phi) is 7.27. The lowest BCUT2D eigenvalue weighted by atomic mass is 10.2. The van der Waals surface area contributed by atoms with Gasteiger partial charge in [-0.05, 0) is 41.1 Å². The van der Waals surface area contributed by atoms with E-state index in [-0.39, 0.29) is 12.3 Å². The Hall–Kier alpha value is -2.35. The molecule has 0 aliphatic carbocycles. The molecule has 0 unspecified atom stereocenters. The van der Waals surface area contributed by atoms with Gasteiger partial charge in [-0.3, -0.25) is 0 Å². The van der Waals surface area contributed by atoms with E-state index >= 15 is 0 Å². The van der Waals surface area contributed by atoms with Crippen molar-refractivity contribution in [3.05, 3.63) is 40.0 Å². The lowest BCUT2D eigenvalue weighted by Crippen LogP contribution is -2.16. The molecule has 0 radical (unpaired) electrons. The van der Waals surface area contributed by atoms with E-state index in [1.165, 1.54) is 26.4 Å². The van der Waals surface area contributed by atoms with E-state index in [1.807, 2.05) is 0 Å². The minimum Gasteiger partial charge on any atom is -0.466 e. The van der Waals surface area contributed by atoms with E-state index in [4.69, 9.17) is 4.74 Å². The normalized spacial score (nSPS) is 10.7. The highest BCUT2D eigenvalue weighted by atomic mass is 79.9. The second kappa shape index (κ2) is 8.94. The smallest absolute Gasteiger partial charge is 0.354 e. The maximum atomic E-state index is 11.7. The molecule has 0 heterocycles. The number of nitrogens with one attached hydrogen (secondary N) is 1. The van der Waals surface area contributed by atoms with Gasteiger partial charge in [-0.2, -0.15) is 0 Å². The first-order chi connectivity index (χ1) is 10.9. The third-order valence-corrected chi connectivity index (χ3v) is 3.27. The number of anilines is 1. The lowest BCUT2D eigenvalue weighted by Gasteiger charge is -2.11. The quantitative estimate of drug-likeness (QED) is 0.456. The number of ether oxygens (including phenoxy) is 3. The fraction of sp³-hybridized carbons (Fsp3) is 0.267. The lowest BCUT2D eigenvalue weighted by molar-refractivity contribution is -0.138. The van der Waals surface area contributed by atoms with Gasteiger partial charge in [0.25, 0.3) is 0 Å². The van der Waals surface area contributed by atoms with Crippen LogP contribution in [0.25, 0.3) is 0 Å². The summed E-state index contributed by atoms with van der Waals surface area (Å²) in [6, 6.07) is 4.62. The van der Waals surface area contributed by atoms with E-state index in [0.29, 0.717) is 15.7 Å². The zero-order valence-corrected chi connectivity index (χ0v) is 14.4. The van der Waals surface area contributed by atoms with Crippen LogP contribution in [-0.4, -0.2) is 38.7 Å². The van der Waals surface area contributed by atoms with Gasteiger partial charge in [-0.15, -0.1) is 0 Å². The number of benzene rings is 1. The van der Waals surface area contributed by atoms with Crippen molar-refractivity contribution in [2.24, 2.45) is 0 Å². The van der Waals surface area contributed by atoms with Gasteiger partial charge in [0.2, 0.25) is 0 Å². The summed E-state index contributed by atoms with van der Waals surface area (Å²) in [5, 5.41) is 2.75. The topological polar surface area (TPSA) is 90.9 Å². The molecular formula is C15H16BrNO6. The fourth-order valence-electron chi connectivity index (χ4n) is 1.54. The fourth-order valence-corrected chi connectivity index (χ4v) is 2.01. The number of rotatable bonds is 6. The molecule has 0 bridgehead atoms. The molecule has 8 heteroatoms. The van der Waals surface area contributed by atoms with Crippen LogP contribution in [0.15, 0.2) is 34.4 Å². The van der Waals surface area contributed by atoms with E-state index in [0.717, 1.165) is 6.08 Å². The number of esters is 3. The Labute approximate surface area is 141 Å². The first-order valence-corrected chi connectivity index (χ1v) is 7.33. The standard InChI is InChI=1S/C15H16BrNO6/c1-4-23-14(19)9-5-6-11(10(16)7-9)17-12(15(20)22-3)8-13(18)21-2/h5-8,17H,4H2,1-3H3/b12-8+. The zero-order chi connectivity index (χ0) is 17.4. The van der Waals surface area contributed by atoms with Crippen molar-refractivity contribution >= 4 is 39.5 Å². The average Bonchev–Trinajstić information content (AvgIpc) is 2.54. The van der Waals surface area contributed by atoms with Crippen LogP contribution in [0.4, 0.5) is 5.69 Å². The molecule has 124 valence electrons. The molecule has 1 rings (SSSR count). The van der Waals surface area contributed by atoms with Crippen molar-refractivity contribution in [1.82, 2.24) is 0 Å². The number of hydrogen-bond donors (Lipinski definition) is 1. The van der Waals surface area contributed by atoms with Crippen LogP contribution in [-0.2, 0) is 23.8 Å². The number of hydrogen-bond acceptors (Lipinski definition) is 7. The highest BCUT2D eigenvalue weighted by molar-refractivity contribution is 9.10. The highest BCUT2D eigenvalue weighted by Crippen LogP contribution is 2.25. The van der Waals surface area contributed by atoms with Crippen LogP contribution in [0.5, 0.6) is 0 Å². The summed E-state index contributed by atoms with van der Waals surface area (Å²) >= 11 is 3.28. The second-order valence-corrected chi connectivity index (χ2v) is 4.97. The predicted molar refractivity (Wildman–Crippen MR) is 85.8 cm³/mol. The van der Waals surface area contributed by atoms with E-state index in [2.05, 4.69) is 30.7 Å². The molecule has 0 atom stereocenters. The average molecular weight is 386 g/mol. The zero-order valence-electron chi connectivity index (χ0n) is 12.8. The Morgan fingerprint density at radius 3 is 2.43 bits per heavy atom. The Morgan fingerprint density at radius 2 is 1.91 bits per heavy atom. The van der Waals surface area contributed by atoms with Gasteiger partial charge >= 0.3 is 17.9 Å². The van der Waals surface area contributed by atoms with Crippen LogP contribution in [0.1, 0.15) is 17.3 Å². The van der Waals surface area contributed by atoms with Crippen LogP contribution in [0.3, 0.4) is 0 Å². The van der Waals surface area contributed by atoms with Gasteiger partial charge in [0.15, 0.2) is 0 Å². The van der Waals surface area contributed by atoms with E-state index in [1.54, 1.807) is 13.0 Å². The maximum absolute atomic E-state index is 11.7. The molecule has 0 aromatic heterocycles. The SMILES string of the molecule is CCOC(=O)c1ccc(N/C(=C/C(=O)OC)C(=O)OC)c(Br)c1. The van der Waals surface area contributed by atoms with Gasteiger partial charge in [0.1, 0.15) is 5.70 Å². The van der Waals surface area contributed by atoms with Gasteiger partial charge in [-0.1, -0.05) is 0 Å². The number of methoxy groups -OCH3 is 2. The molecule has 1 aromatic carbocycles. The molecule has 1 aromatic rings. The molecular weight excluding hydrogens is 370 g/mol. The van der Waals surface area contributed by atoms with Crippen molar-refractivity contribution in [2.45, 2.75) is 6.92 Å². The van der Waals surface area contributed by atoms with Crippen LogP contribution in [0.2, 0.25) is 0 Å². The first kappa shape index (κ1) is 18.7. The van der Waals surface area contributed by atoms with Crippen LogP contribution >= 0.6 is 15.9 Å². The van der Waals surface area contributed by atoms with Crippen molar-refractivity contribution < 1.29 is 28.6 Å². The third kappa shape index (κ3) is 5.41. The minimum absolute atomic E-state index is 0.107. The summed E-state index contributed by atoms with van der Waals surface area (Å²) in [5.41, 5.74) is 0.698. The molecule has 0 spiro atoms. The van der Waals surface area contributed by atoms with Crippen LogP contribution in [0, 0.1) is 0 Å². The summed E-state index contributed by atoms with van der Waals surface area (Å²) < 4.78 is 14.5. The van der Waals surface area contributed by atoms with E-state index < -0.39 is 17.9 Å². The minimum atomic E-state index is -0.739. The van der Waals surface area contributed by atoms with Crippen molar-refractivity contribution in [1.29, 1.82) is 0 Å². The predicted octanol–water partition coefficient (Wildman–Crippen LogP) is 2.27. The maximum Gasteiger partial charge on any atom is 0.354 e. The molecule has 0 aliphatic heterocycles. The van der Waals surface area contributed by atoms with Crippen molar-refractivity contribution in [3.63, 3.8) is 0 Å². The van der Waals surface area contributed by atoms with Crippen LogP contribution < -0.4 is 5.32 Å². The Bertz CT molecular complexity index is 641. The number of carbonyl (C=O) groups excluding carboxylic acids is 3. The molecule has 0 saturated heterocycles. The van der Waals surface area contributed by atoms with Crippen molar-refractivity contribution in [3.8, 4) is 0 Å². The summed E-state index contributed by atoms with van der Waals surface area (Å²) in [5.74, 6) is -1.91. The molecule has 7 nitrogen and oxygen atoms in total. The Morgan fingerprint density at radius 1 is 1.22 bits per heavy atom. The molecule has 0 aliphatic rings. The summed E-state index contributed by atoms with van der Waals surface area (Å²) in [7, 11) is 2.38. The van der Waals surface area contributed by atoms with E-state index in [9.17, 15) is 14.4 Å². The van der Waals surface area contributed by atoms with Gasteiger partial charge in [0.05, 0.1) is 38.2 Å². The molecule has 1 N–H and O–H groups in total. The third-order valence-electron chi connectivity index (χ3n) is 2.62. The highest BCUT2D eigenvalue weighted by Gasteiger charge is 2.15. The molecule has 0 amide bonds. The summed E-state index contributed by atoms with van der Waals surface area (Å²) in [4.78, 5) is 34.7. The number of carbonyl (C=O) groups is 3. The number of halogens is 1. The summed E-state index contributed by atoms with van der Waals surface area (Å²) in [6.07, 6.45) is 0.970.